The number of hydrogen-bond acceptors (Lipinski definition) is 4. The van der Waals surface area contributed by atoms with Gasteiger partial charge in [0, 0.05) is 38.6 Å². The van der Waals surface area contributed by atoms with E-state index in [1.165, 1.54) is 0 Å². The van der Waals surface area contributed by atoms with Crippen LogP contribution < -0.4 is 5.32 Å². The predicted molar refractivity (Wildman–Crippen MR) is 96.6 cm³/mol. The van der Waals surface area contributed by atoms with E-state index in [4.69, 9.17) is 0 Å². The van der Waals surface area contributed by atoms with Gasteiger partial charge in [-0.25, -0.2) is 4.98 Å². The Morgan fingerprint density at radius 3 is 2.81 bits per heavy atom. The van der Waals surface area contributed by atoms with E-state index in [1.807, 2.05) is 18.2 Å². The third-order valence-corrected chi connectivity index (χ3v) is 4.72. The number of likely N-dealkylation sites (tertiary alicyclic amines) is 1. The Bertz CT molecular complexity index is 983. The number of carbonyl (C=O) groups excluding carboxylic acids is 2. The number of imidazole rings is 1. The van der Waals surface area contributed by atoms with Crippen molar-refractivity contribution in [3.63, 3.8) is 0 Å². The SMILES string of the molecule is CCn1cnc2cc(NC(=O)C3CN(C(=O)c4cnn(C)c4)C3)ccc21. The number of anilines is 1. The quantitative estimate of drug-likeness (QED) is 0.771. The van der Waals surface area contributed by atoms with E-state index in [-0.39, 0.29) is 17.7 Å². The molecule has 134 valence electrons. The van der Waals surface area contributed by atoms with Gasteiger partial charge in [-0.05, 0) is 25.1 Å². The standard InChI is InChI=1S/C18H20N6O2/c1-3-23-11-19-15-6-14(4-5-16(15)23)21-17(25)13-9-24(10-13)18(26)12-7-20-22(2)8-12/h4-8,11,13H,3,9-10H2,1-2H3,(H,21,25). The first kappa shape index (κ1) is 16.3. The molecule has 26 heavy (non-hydrogen) atoms. The minimum atomic E-state index is -0.195. The zero-order chi connectivity index (χ0) is 18.3. The summed E-state index contributed by atoms with van der Waals surface area (Å²) in [6.07, 6.45) is 5.02. The van der Waals surface area contributed by atoms with Crippen LogP contribution in [0.4, 0.5) is 5.69 Å². The number of rotatable bonds is 4. The van der Waals surface area contributed by atoms with Crippen molar-refractivity contribution in [1.82, 2.24) is 24.2 Å². The molecule has 0 aliphatic carbocycles. The number of aryl methyl sites for hydroxylation is 2. The molecule has 1 fully saturated rings. The maximum Gasteiger partial charge on any atom is 0.257 e. The van der Waals surface area contributed by atoms with Crippen LogP contribution in [-0.2, 0) is 18.4 Å². The number of aromatic nitrogens is 4. The molecule has 1 aliphatic rings. The average Bonchev–Trinajstić information content (AvgIpc) is 3.18. The van der Waals surface area contributed by atoms with Crippen LogP contribution in [-0.4, -0.2) is 49.1 Å². The van der Waals surface area contributed by atoms with Gasteiger partial charge in [-0.15, -0.1) is 0 Å². The van der Waals surface area contributed by atoms with Crippen LogP contribution in [0.5, 0.6) is 0 Å². The second-order valence-corrected chi connectivity index (χ2v) is 6.53. The van der Waals surface area contributed by atoms with E-state index >= 15 is 0 Å². The van der Waals surface area contributed by atoms with E-state index in [2.05, 4.69) is 26.9 Å². The van der Waals surface area contributed by atoms with Crippen molar-refractivity contribution in [3.8, 4) is 0 Å². The van der Waals surface area contributed by atoms with E-state index in [9.17, 15) is 9.59 Å². The molecular weight excluding hydrogens is 332 g/mol. The van der Waals surface area contributed by atoms with Crippen molar-refractivity contribution in [2.75, 3.05) is 18.4 Å². The van der Waals surface area contributed by atoms with Gasteiger partial charge < -0.3 is 14.8 Å². The smallest absolute Gasteiger partial charge is 0.257 e. The van der Waals surface area contributed by atoms with E-state index in [0.29, 0.717) is 18.7 Å². The summed E-state index contributed by atoms with van der Waals surface area (Å²) in [6, 6.07) is 5.71. The summed E-state index contributed by atoms with van der Waals surface area (Å²) in [6.45, 7) is 3.76. The molecule has 1 aliphatic heterocycles. The Kier molecular flexibility index (Phi) is 3.95. The summed E-state index contributed by atoms with van der Waals surface area (Å²) in [5, 5.41) is 6.93. The molecule has 2 amide bonds. The molecule has 1 N–H and O–H groups in total. The number of nitrogens with one attached hydrogen (secondary N) is 1. The lowest BCUT2D eigenvalue weighted by molar-refractivity contribution is -0.123. The monoisotopic (exact) mass is 352 g/mol. The molecule has 3 heterocycles. The zero-order valence-corrected chi connectivity index (χ0v) is 14.7. The van der Waals surface area contributed by atoms with Crippen molar-refractivity contribution in [2.45, 2.75) is 13.5 Å². The van der Waals surface area contributed by atoms with Gasteiger partial charge in [-0.2, -0.15) is 5.10 Å². The normalized spacial score (nSPS) is 14.5. The first-order valence-corrected chi connectivity index (χ1v) is 8.59. The molecule has 2 aromatic heterocycles. The third-order valence-electron chi connectivity index (χ3n) is 4.72. The van der Waals surface area contributed by atoms with Crippen molar-refractivity contribution < 1.29 is 9.59 Å². The van der Waals surface area contributed by atoms with Gasteiger partial charge in [-0.3, -0.25) is 14.3 Å². The maximum absolute atomic E-state index is 12.4. The van der Waals surface area contributed by atoms with Crippen molar-refractivity contribution in [3.05, 3.63) is 42.5 Å². The summed E-state index contributed by atoms with van der Waals surface area (Å²) in [4.78, 5) is 30.7. The molecule has 8 heteroatoms. The lowest BCUT2D eigenvalue weighted by Crippen LogP contribution is -2.54. The van der Waals surface area contributed by atoms with Crippen LogP contribution in [0.2, 0.25) is 0 Å². The molecule has 0 radical (unpaired) electrons. The second kappa shape index (κ2) is 6.29. The fraction of sp³-hybridized carbons (Fsp3) is 0.333. The third kappa shape index (κ3) is 2.83. The van der Waals surface area contributed by atoms with Crippen molar-refractivity contribution in [1.29, 1.82) is 0 Å². The highest BCUT2D eigenvalue weighted by atomic mass is 16.2. The van der Waals surface area contributed by atoms with Crippen LogP contribution >= 0.6 is 0 Å². The Morgan fingerprint density at radius 2 is 2.12 bits per heavy atom. The minimum Gasteiger partial charge on any atom is -0.337 e. The highest BCUT2D eigenvalue weighted by Crippen LogP contribution is 2.22. The van der Waals surface area contributed by atoms with Crippen LogP contribution in [0, 0.1) is 5.92 Å². The lowest BCUT2D eigenvalue weighted by Gasteiger charge is -2.37. The average molecular weight is 352 g/mol. The molecule has 0 atom stereocenters. The van der Waals surface area contributed by atoms with Gasteiger partial charge >= 0.3 is 0 Å². The van der Waals surface area contributed by atoms with Gasteiger partial charge in [0.15, 0.2) is 0 Å². The van der Waals surface area contributed by atoms with Crippen LogP contribution in [0.1, 0.15) is 17.3 Å². The zero-order valence-electron chi connectivity index (χ0n) is 14.7. The number of amides is 2. The Labute approximate surface area is 150 Å². The van der Waals surface area contributed by atoms with Crippen LogP contribution in [0.15, 0.2) is 36.9 Å². The molecule has 3 aromatic rings. The van der Waals surface area contributed by atoms with E-state index < -0.39 is 0 Å². The Balaban J connectivity index is 1.37. The first-order chi connectivity index (χ1) is 12.5. The number of nitrogens with zero attached hydrogens (tertiary/aromatic N) is 5. The second-order valence-electron chi connectivity index (χ2n) is 6.53. The molecular formula is C18H20N6O2. The summed E-state index contributed by atoms with van der Waals surface area (Å²) in [7, 11) is 1.77. The van der Waals surface area contributed by atoms with Gasteiger partial charge in [-0.1, -0.05) is 0 Å². The van der Waals surface area contributed by atoms with Crippen molar-refractivity contribution in [2.24, 2.45) is 13.0 Å². The fourth-order valence-electron chi connectivity index (χ4n) is 3.16. The fourth-order valence-corrected chi connectivity index (χ4v) is 3.16. The largest absolute Gasteiger partial charge is 0.337 e. The molecule has 0 unspecified atom stereocenters. The van der Waals surface area contributed by atoms with Gasteiger partial charge in [0.2, 0.25) is 5.91 Å². The molecule has 0 spiro atoms. The molecule has 1 aromatic carbocycles. The van der Waals surface area contributed by atoms with E-state index in [1.54, 1.807) is 35.4 Å². The molecule has 0 bridgehead atoms. The highest BCUT2D eigenvalue weighted by Gasteiger charge is 2.36. The minimum absolute atomic E-state index is 0.0745. The number of carbonyl (C=O) groups is 2. The predicted octanol–water partition coefficient (Wildman–Crippen LogP) is 1.50. The topological polar surface area (TPSA) is 85.1 Å². The molecule has 4 rings (SSSR count). The lowest BCUT2D eigenvalue weighted by atomic mass is 9.98. The maximum atomic E-state index is 12.4. The number of benzene rings is 1. The molecule has 8 nitrogen and oxygen atoms in total. The van der Waals surface area contributed by atoms with Gasteiger partial charge in [0.1, 0.15) is 0 Å². The number of fused-ring (bicyclic) bond motifs is 1. The summed E-state index contributed by atoms with van der Waals surface area (Å²) < 4.78 is 3.64. The Morgan fingerprint density at radius 1 is 1.31 bits per heavy atom. The molecule has 1 saturated heterocycles. The molecule has 0 saturated carbocycles. The Hall–Kier alpha value is -3.16. The first-order valence-electron chi connectivity index (χ1n) is 8.59. The van der Waals surface area contributed by atoms with Gasteiger partial charge in [0.25, 0.3) is 5.91 Å². The highest BCUT2D eigenvalue weighted by molar-refractivity contribution is 5.99. The van der Waals surface area contributed by atoms with Crippen LogP contribution in [0.25, 0.3) is 11.0 Å². The summed E-state index contributed by atoms with van der Waals surface area (Å²) >= 11 is 0. The van der Waals surface area contributed by atoms with Crippen molar-refractivity contribution >= 4 is 28.5 Å². The summed E-state index contributed by atoms with van der Waals surface area (Å²) in [5.74, 6) is -0.359. The van der Waals surface area contributed by atoms with E-state index in [0.717, 1.165) is 23.3 Å². The van der Waals surface area contributed by atoms with Crippen LogP contribution in [0.3, 0.4) is 0 Å². The number of hydrogen-bond donors (Lipinski definition) is 1. The summed E-state index contributed by atoms with van der Waals surface area (Å²) in [5.41, 5.74) is 3.17. The van der Waals surface area contributed by atoms with Gasteiger partial charge in [0.05, 0.1) is 35.0 Å².